The average molecular weight is 158 g/mol. The van der Waals surface area contributed by atoms with Gasteiger partial charge in [-0.15, -0.1) is 0 Å². The fourth-order valence-corrected chi connectivity index (χ4v) is 1.05. The molecule has 1 saturated heterocycles. The molecule has 4 nitrogen and oxygen atoms in total. The van der Waals surface area contributed by atoms with Gasteiger partial charge >= 0.3 is 0 Å². The van der Waals surface area contributed by atoms with Crippen LogP contribution >= 0.6 is 0 Å². The van der Waals surface area contributed by atoms with Gasteiger partial charge in [0, 0.05) is 13.1 Å². The zero-order valence-electron chi connectivity index (χ0n) is 6.89. The number of nitrogens with two attached hydrogens (primary N) is 1. The van der Waals surface area contributed by atoms with Crippen LogP contribution in [0.3, 0.4) is 0 Å². The summed E-state index contributed by atoms with van der Waals surface area (Å²) in [5.74, 6) is -0.405. The summed E-state index contributed by atoms with van der Waals surface area (Å²) in [7, 11) is 0. The Balaban J connectivity index is 2.35. The monoisotopic (exact) mass is 158 g/mol. The number of primary amides is 1. The van der Waals surface area contributed by atoms with Crippen molar-refractivity contribution in [1.29, 1.82) is 0 Å². The molecule has 1 aliphatic rings. The molecule has 0 aromatic heterocycles. The van der Waals surface area contributed by atoms with Gasteiger partial charge in [-0.05, 0) is 13.8 Å². The first kappa shape index (κ1) is 8.49. The molecule has 3 N–H and O–H groups in total. The molecule has 1 unspecified atom stereocenters. The largest absolute Gasteiger partial charge is 0.367 e. The standard InChI is InChI=1S/C7H14N2O2/c1-5(6(8)10)11-7(2)3-9-4-7/h5,9H,3-4H2,1-2H3,(H2,8,10). The second-order valence-electron chi connectivity index (χ2n) is 3.22. The number of hydrogen-bond acceptors (Lipinski definition) is 3. The van der Waals surface area contributed by atoms with Crippen LogP contribution in [0.15, 0.2) is 0 Å². The van der Waals surface area contributed by atoms with E-state index in [-0.39, 0.29) is 5.60 Å². The van der Waals surface area contributed by atoms with Gasteiger partial charge in [0.15, 0.2) is 0 Å². The van der Waals surface area contributed by atoms with E-state index in [1.54, 1.807) is 6.92 Å². The maximum Gasteiger partial charge on any atom is 0.246 e. The van der Waals surface area contributed by atoms with Crippen molar-refractivity contribution in [2.75, 3.05) is 13.1 Å². The molecule has 1 amide bonds. The third-order valence-corrected chi connectivity index (χ3v) is 1.86. The average Bonchev–Trinajstić information content (AvgIpc) is 1.84. The Bertz CT molecular complexity index is 166. The van der Waals surface area contributed by atoms with Crippen molar-refractivity contribution in [2.45, 2.75) is 25.6 Å². The minimum absolute atomic E-state index is 0.186. The van der Waals surface area contributed by atoms with E-state index < -0.39 is 12.0 Å². The molecule has 0 bridgehead atoms. The van der Waals surface area contributed by atoms with Crippen molar-refractivity contribution in [3.05, 3.63) is 0 Å². The van der Waals surface area contributed by atoms with Crippen LogP contribution in [0.2, 0.25) is 0 Å². The van der Waals surface area contributed by atoms with Gasteiger partial charge in [0.2, 0.25) is 5.91 Å². The quantitative estimate of drug-likeness (QED) is 0.567. The van der Waals surface area contributed by atoms with Crippen molar-refractivity contribution in [3.8, 4) is 0 Å². The third-order valence-electron chi connectivity index (χ3n) is 1.86. The van der Waals surface area contributed by atoms with Crippen LogP contribution in [0.25, 0.3) is 0 Å². The van der Waals surface area contributed by atoms with Crippen LogP contribution in [0.4, 0.5) is 0 Å². The van der Waals surface area contributed by atoms with Gasteiger partial charge in [-0.1, -0.05) is 0 Å². The summed E-state index contributed by atoms with van der Waals surface area (Å²) in [6.07, 6.45) is -0.484. The zero-order chi connectivity index (χ0) is 8.48. The maximum atomic E-state index is 10.6. The number of rotatable bonds is 3. The first-order chi connectivity index (χ1) is 5.03. The molecule has 1 atom stereocenters. The molecular weight excluding hydrogens is 144 g/mol. The molecule has 4 heteroatoms. The van der Waals surface area contributed by atoms with E-state index in [1.807, 2.05) is 6.92 Å². The van der Waals surface area contributed by atoms with Crippen LogP contribution in [-0.4, -0.2) is 30.7 Å². The smallest absolute Gasteiger partial charge is 0.246 e. The minimum Gasteiger partial charge on any atom is -0.367 e. The van der Waals surface area contributed by atoms with Gasteiger partial charge in [0.1, 0.15) is 6.10 Å². The highest BCUT2D eigenvalue weighted by Gasteiger charge is 2.35. The molecule has 1 rings (SSSR count). The maximum absolute atomic E-state index is 10.6. The summed E-state index contributed by atoms with van der Waals surface area (Å²) < 4.78 is 5.40. The van der Waals surface area contributed by atoms with Crippen LogP contribution in [0.1, 0.15) is 13.8 Å². The van der Waals surface area contributed by atoms with Crippen molar-refractivity contribution in [1.82, 2.24) is 5.32 Å². The Morgan fingerprint density at radius 1 is 1.73 bits per heavy atom. The lowest BCUT2D eigenvalue weighted by atomic mass is 10.00. The molecule has 1 aliphatic heterocycles. The number of amides is 1. The Kier molecular flexibility index (Phi) is 2.15. The van der Waals surface area contributed by atoms with E-state index in [9.17, 15) is 4.79 Å². The summed E-state index contributed by atoms with van der Waals surface area (Å²) in [4.78, 5) is 10.6. The van der Waals surface area contributed by atoms with Crippen molar-refractivity contribution < 1.29 is 9.53 Å². The lowest BCUT2D eigenvalue weighted by molar-refractivity contribution is -0.146. The Morgan fingerprint density at radius 3 is 2.55 bits per heavy atom. The molecule has 11 heavy (non-hydrogen) atoms. The summed E-state index contributed by atoms with van der Waals surface area (Å²) in [6.45, 7) is 5.23. The van der Waals surface area contributed by atoms with Crippen LogP contribution < -0.4 is 11.1 Å². The fraction of sp³-hybridized carbons (Fsp3) is 0.857. The molecule has 0 aromatic carbocycles. The lowest BCUT2D eigenvalue weighted by Crippen LogP contribution is -2.60. The molecule has 64 valence electrons. The third kappa shape index (κ3) is 1.91. The van der Waals surface area contributed by atoms with E-state index in [2.05, 4.69) is 5.32 Å². The van der Waals surface area contributed by atoms with E-state index in [4.69, 9.17) is 10.5 Å². The van der Waals surface area contributed by atoms with Crippen LogP contribution in [0, 0.1) is 0 Å². The van der Waals surface area contributed by atoms with Crippen LogP contribution in [0.5, 0.6) is 0 Å². The summed E-state index contributed by atoms with van der Waals surface area (Å²) in [5.41, 5.74) is 4.85. The Morgan fingerprint density at radius 2 is 2.27 bits per heavy atom. The summed E-state index contributed by atoms with van der Waals surface area (Å²) >= 11 is 0. The van der Waals surface area contributed by atoms with E-state index in [1.165, 1.54) is 0 Å². The van der Waals surface area contributed by atoms with Crippen LogP contribution in [-0.2, 0) is 9.53 Å². The molecule has 0 aromatic rings. The molecular formula is C7H14N2O2. The van der Waals surface area contributed by atoms with Crippen molar-refractivity contribution >= 4 is 5.91 Å². The number of carbonyl (C=O) groups is 1. The van der Waals surface area contributed by atoms with Gasteiger partial charge in [0.25, 0.3) is 0 Å². The van der Waals surface area contributed by atoms with E-state index in [0.717, 1.165) is 13.1 Å². The minimum atomic E-state index is -0.484. The second-order valence-corrected chi connectivity index (χ2v) is 3.22. The topological polar surface area (TPSA) is 64.3 Å². The summed E-state index contributed by atoms with van der Waals surface area (Å²) in [5, 5.41) is 3.07. The Labute approximate surface area is 66.1 Å². The normalized spacial score (nSPS) is 23.8. The highest BCUT2D eigenvalue weighted by Crippen LogP contribution is 2.17. The van der Waals surface area contributed by atoms with Gasteiger partial charge in [0.05, 0.1) is 5.60 Å². The highest BCUT2D eigenvalue weighted by atomic mass is 16.5. The van der Waals surface area contributed by atoms with Crippen molar-refractivity contribution in [3.63, 3.8) is 0 Å². The van der Waals surface area contributed by atoms with E-state index in [0.29, 0.717) is 0 Å². The predicted octanol–water partition coefficient (Wildman–Crippen LogP) is -0.761. The lowest BCUT2D eigenvalue weighted by Gasteiger charge is -2.40. The number of nitrogens with one attached hydrogen (secondary N) is 1. The predicted molar refractivity (Wildman–Crippen MR) is 41.0 cm³/mol. The first-order valence-electron chi connectivity index (χ1n) is 3.71. The number of carbonyl (C=O) groups excluding carboxylic acids is 1. The molecule has 1 heterocycles. The molecule has 0 saturated carbocycles. The van der Waals surface area contributed by atoms with Gasteiger partial charge in [-0.3, -0.25) is 4.79 Å². The first-order valence-corrected chi connectivity index (χ1v) is 3.71. The fourth-order valence-electron chi connectivity index (χ4n) is 1.05. The van der Waals surface area contributed by atoms with Gasteiger partial charge in [-0.2, -0.15) is 0 Å². The molecule has 0 spiro atoms. The SMILES string of the molecule is CC(OC1(C)CNC1)C(N)=O. The zero-order valence-corrected chi connectivity index (χ0v) is 6.89. The van der Waals surface area contributed by atoms with Crippen molar-refractivity contribution in [2.24, 2.45) is 5.73 Å². The second kappa shape index (κ2) is 2.79. The van der Waals surface area contributed by atoms with Gasteiger partial charge < -0.3 is 15.8 Å². The summed E-state index contributed by atoms with van der Waals surface area (Å²) in [6, 6.07) is 0. The molecule has 1 fully saturated rings. The number of hydrogen-bond donors (Lipinski definition) is 2. The Hall–Kier alpha value is -0.610. The molecule has 0 radical (unpaired) electrons. The highest BCUT2D eigenvalue weighted by molar-refractivity contribution is 5.78. The molecule has 0 aliphatic carbocycles. The van der Waals surface area contributed by atoms with E-state index >= 15 is 0 Å². The van der Waals surface area contributed by atoms with Gasteiger partial charge in [-0.25, -0.2) is 0 Å². The number of ether oxygens (including phenoxy) is 1.